The highest BCUT2D eigenvalue weighted by Crippen LogP contribution is 2.25. The molecule has 0 bridgehead atoms. The molecule has 0 N–H and O–H groups in total. The van der Waals surface area contributed by atoms with Crippen LogP contribution in [0.15, 0.2) is 72.8 Å². The second-order valence-corrected chi connectivity index (χ2v) is 10.2. The zero-order valence-corrected chi connectivity index (χ0v) is 22.3. The average molecular weight is 501 g/mol. The van der Waals surface area contributed by atoms with Gasteiger partial charge in [0.2, 0.25) is 0 Å². The van der Waals surface area contributed by atoms with Crippen LogP contribution in [0.25, 0.3) is 0 Å². The summed E-state index contributed by atoms with van der Waals surface area (Å²) in [5.74, 6) is 0.899. The standard InChI is InChI=1S/C31H40N4O2/c1-32-13-15-33(16-14-32)23-27-5-3-7-30(21-27)35(25-28-6-4-8-31(22-28)36-2)24-26-9-11-29(12-10-26)34-17-19-37-20-18-34/h3-12,21-22H,13-20,23-25H2,1-2H3. The molecule has 0 unspecified atom stereocenters. The normalized spacial score (nSPS) is 17.1. The summed E-state index contributed by atoms with van der Waals surface area (Å²) in [7, 11) is 3.94. The van der Waals surface area contributed by atoms with Gasteiger partial charge in [0.05, 0.1) is 20.3 Å². The van der Waals surface area contributed by atoms with Crippen LogP contribution in [-0.4, -0.2) is 76.4 Å². The van der Waals surface area contributed by atoms with Crippen molar-refractivity contribution < 1.29 is 9.47 Å². The average Bonchev–Trinajstić information content (AvgIpc) is 2.95. The molecule has 0 amide bonds. The summed E-state index contributed by atoms with van der Waals surface area (Å²) in [4.78, 5) is 9.86. The number of ether oxygens (including phenoxy) is 2. The minimum absolute atomic E-state index is 0.806. The van der Waals surface area contributed by atoms with Crippen molar-refractivity contribution in [3.63, 3.8) is 0 Å². The van der Waals surface area contributed by atoms with E-state index in [4.69, 9.17) is 9.47 Å². The monoisotopic (exact) mass is 500 g/mol. The summed E-state index contributed by atoms with van der Waals surface area (Å²) in [5.41, 5.74) is 6.46. The Morgan fingerprint density at radius 1 is 0.757 bits per heavy atom. The van der Waals surface area contributed by atoms with Gasteiger partial charge in [-0.15, -0.1) is 0 Å². The lowest BCUT2D eigenvalue weighted by atomic mass is 10.1. The van der Waals surface area contributed by atoms with Crippen molar-refractivity contribution in [2.24, 2.45) is 0 Å². The fourth-order valence-electron chi connectivity index (χ4n) is 5.20. The Bertz CT molecular complexity index is 1120. The van der Waals surface area contributed by atoms with Crippen LogP contribution >= 0.6 is 0 Å². The van der Waals surface area contributed by atoms with Crippen molar-refractivity contribution in [1.82, 2.24) is 9.80 Å². The first-order valence-corrected chi connectivity index (χ1v) is 13.5. The highest BCUT2D eigenvalue weighted by molar-refractivity contribution is 5.52. The van der Waals surface area contributed by atoms with Gasteiger partial charge >= 0.3 is 0 Å². The van der Waals surface area contributed by atoms with E-state index in [0.29, 0.717) is 0 Å². The zero-order valence-electron chi connectivity index (χ0n) is 22.3. The molecule has 6 nitrogen and oxygen atoms in total. The molecule has 0 saturated carbocycles. The van der Waals surface area contributed by atoms with Gasteiger partial charge in [-0.25, -0.2) is 0 Å². The van der Waals surface area contributed by atoms with E-state index in [0.717, 1.165) is 77.9 Å². The zero-order chi connectivity index (χ0) is 25.5. The molecule has 37 heavy (non-hydrogen) atoms. The lowest BCUT2D eigenvalue weighted by Gasteiger charge is -2.32. The van der Waals surface area contributed by atoms with E-state index in [9.17, 15) is 0 Å². The Morgan fingerprint density at radius 2 is 1.46 bits per heavy atom. The third-order valence-electron chi connectivity index (χ3n) is 7.47. The molecule has 5 rings (SSSR count). The number of piperazine rings is 1. The molecule has 2 fully saturated rings. The second-order valence-electron chi connectivity index (χ2n) is 10.2. The van der Waals surface area contributed by atoms with Gasteiger partial charge < -0.3 is 24.2 Å². The molecule has 3 aromatic rings. The minimum Gasteiger partial charge on any atom is -0.497 e. The number of anilines is 2. The predicted molar refractivity (Wildman–Crippen MR) is 152 cm³/mol. The molecule has 0 atom stereocenters. The van der Waals surface area contributed by atoms with E-state index in [-0.39, 0.29) is 0 Å². The van der Waals surface area contributed by atoms with Crippen LogP contribution in [0.1, 0.15) is 16.7 Å². The van der Waals surface area contributed by atoms with Crippen molar-refractivity contribution in [3.8, 4) is 5.75 Å². The van der Waals surface area contributed by atoms with Crippen molar-refractivity contribution in [2.75, 3.05) is 76.4 Å². The van der Waals surface area contributed by atoms with Gasteiger partial charge in [-0.05, 0) is 60.1 Å². The largest absolute Gasteiger partial charge is 0.497 e. The molecular formula is C31H40N4O2. The Labute approximate surface area is 222 Å². The molecule has 2 heterocycles. The molecule has 196 valence electrons. The van der Waals surface area contributed by atoms with E-state index in [1.165, 1.54) is 28.1 Å². The minimum atomic E-state index is 0.806. The topological polar surface area (TPSA) is 31.4 Å². The first kappa shape index (κ1) is 25.6. The van der Waals surface area contributed by atoms with Crippen LogP contribution in [0.2, 0.25) is 0 Å². The maximum absolute atomic E-state index is 5.52. The Kier molecular flexibility index (Phi) is 8.61. The van der Waals surface area contributed by atoms with Crippen LogP contribution in [0.5, 0.6) is 5.75 Å². The first-order chi connectivity index (χ1) is 18.2. The van der Waals surface area contributed by atoms with Crippen molar-refractivity contribution >= 4 is 11.4 Å². The third-order valence-corrected chi connectivity index (χ3v) is 7.47. The lowest BCUT2D eigenvalue weighted by Crippen LogP contribution is -2.43. The van der Waals surface area contributed by atoms with Crippen LogP contribution in [0, 0.1) is 0 Å². The maximum atomic E-state index is 5.52. The highest BCUT2D eigenvalue weighted by atomic mass is 16.5. The fraction of sp³-hybridized carbons (Fsp3) is 0.419. The molecule has 6 heteroatoms. The molecule has 0 aromatic heterocycles. The quantitative estimate of drug-likeness (QED) is 0.431. The summed E-state index contributed by atoms with van der Waals surface area (Å²) in [6.45, 7) is 10.7. The molecule has 2 aliphatic rings. The van der Waals surface area contributed by atoms with Crippen LogP contribution in [-0.2, 0) is 24.4 Å². The fourth-order valence-corrected chi connectivity index (χ4v) is 5.20. The van der Waals surface area contributed by atoms with Crippen molar-refractivity contribution in [2.45, 2.75) is 19.6 Å². The number of hydrogen-bond acceptors (Lipinski definition) is 6. The van der Waals surface area contributed by atoms with Crippen molar-refractivity contribution in [3.05, 3.63) is 89.5 Å². The third kappa shape index (κ3) is 7.04. The van der Waals surface area contributed by atoms with Gasteiger partial charge in [0.1, 0.15) is 5.75 Å². The molecule has 0 aliphatic carbocycles. The number of hydrogen-bond donors (Lipinski definition) is 0. The molecule has 2 aliphatic heterocycles. The van der Waals surface area contributed by atoms with E-state index < -0.39 is 0 Å². The van der Waals surface area contributed by atoms with E-state index in [2.05, 4.69) is 93.4 Å². The Morgan fingerprint density at radius 3 is 2.22 bits per heavy atom. The summed E-state index contributed by atoms with van der Waals surface area (Å²) >= 11 is 0. The van der Waals surface area contributed by atoms with Gasteiger partial charge in [-0.3, -0.25) is 4.90 Å². The number of nitrogens with zero attached hydrogens (tertiary/aromatic N) is 4. The maximum Gasteiger partial charge on any atom is 0.119 e. The smallest absolute Gasteiger partial charge is 0.119 e. The van der Waals surface area contributed by atoms with E-state index in [1.807, 2.05) is 6.07 Å². The van der Waals surface area contributed by atoms with Crippen molar-refractivity contribution in [1.29, 1.82) is 0 Å². The van der Waals surface area contributed by atoms with Gasteiger partial charge in [0, 0.05) is 70.3 Å². The van der Waals surface area contributed by atoms with Crippen LogP contribution in [0.4, 0.5) is 11.4 Å². The predicted octanol–water partition coefficient (Wildman–Crippen LogP) is 4.49. The molecule has 3 aromatic carbocycles. The van der Waals surface area contributed by atoms with Crippen LogP contribution in [0.3, 0.4) is 0 Å². The molecule has 2 saturated heterocycles. The number of rotatable bonds is 9. The number of likely N-dealkylation sites (N-methyl/N-ethyl adjacent to an activating group) is 1. The second kappa shape index (κ2) is 12.5. The van der Waals surface area contributed by atoms with E-state index in [1.54, 1.807) is 7.11 Å². The summed E-state index contributed by atoms with van der Waals surface area (Å²) < 4.78 is 11.0. The molecule has 0 spiro atoms. The lowest BCUT2D eigenvalue weighted by molar-refractivity contribution is 0.122. The summed E-state index contributed by atoms with van der Waals surface area (Å²) in [6.07, 6.45) is 0. The Balaban J connectivity index is 1.35. The number of benzene rings is 3. The molecule has 0 radical (unpaired) electrons. The number of methoxy groups -OCH3 is 1. The first-order valence-electron chi connectivity index (χ1n) is 13.5. The van der Waals surface area contributed by atoms with Crippen LogP contribution < -0.4 is 14.5 Å². The summed E-state index contributed by atoms with van der Waals surface area (Å²) in [6, 6.07) is 26.6. The van der Waals surface area contributed by atoms with E-state index >= 15 is 0 Å². The highest BCUT2D eigenvalue weighted by Gasteiger charge is 2.16. The number of morpholine rings is 1. The Hall–Kier alpha value is -3.06. The summed E-state index contributed by atoms with van der Waals surface area (Å²) in [5, 5.41) is 0. The molecular weight excluding hydrogens is 460 g/mol. The van der Waals surface area contributed by atoms with Gasteiger partial charge in [-0.1, -0.05) is 36.4 Å². The van der Waals surface area contributed by atoms with Gasteiger partial charge in [0.25, 0.3) is 0 Å². The van der Waals surface area contributed by atoms with Gasteiger partial charge in [0.15, 0.2) is 0 Å². The SMILES string of the molecule is COc1cccc(CN(Cc2ccc(N3CCOCC3)cc2)c2cccc(CN3CCN(C)CC3)c2)c1. The van der Waals surface area contributed by atoms with Gasteiger partial charge in [-0.2, -0.15) is 0 Å².